The number of rotatable bonds is 3. The fourth-order valence-electron chi connectivity index (χ4n) is 2.52. The van der Waals surface area contributed by atoms with Gasteiger partial charge < -0.3 is 5.32 Å². The molecule has 0 saturated carbocycles. The summed E-state index contributed by atoms with van der Waals surface area (Å²) in [6, 6.07) is 0. The summed E-state index contributed by atoms with van der Waals surface area (Å²) in [5, 5.41) is 3.41. The topological polar surface area (TPSA) is 18.5 Å². The standard InChI is InChI=1S/C12H25N3S.2ClH/c1-12(2)11-15(9-10-16-12)8-7-14-5-3-13-4-6-14;;/h13H,3-11H2,1-2H3;2*1H. The molecule has 2 rings (SSSR count). The first-order chi connectivity index (χ1) is 7.66. The van der Waals surface area contributed by atoms with Gasteiger partial charge in [0.25, 0.3) is 0 Å². The minimum Gasteiger partial charge on any atom is -0.314 e. The Bertz CT molecular complexity index is 223. The van der Waals surface area contributed by atoms with E-state index in [1.54, 1.807) is 0 Å². The van der Waals surface area contributed by atoms with Crippen molar-refractivity contribution in [1.82, 2.24) is 15.1 Å². The van der Waals surface area contributed by atoms with Crippen molar-refractivity contribution in [2.75, 3.05) is 58.1 Å². The molecule has 6 heteroatoms. The summed E-state index contributed by atoms with van der Waals surface area (Å²) in [6.07, 6.45) is 0. The Morgan fingerprint density at radius 1 is 1.00 bits per heavy atom. The molecular formula is C12H27Cl2N3S. The molecule has 2 aliphatic heterocycles. The van der Waals surface area contributed by atoms with Gasteiger partial charge in [-0.15, -0.1) is 24.8 Å². The molecule has 0 amide bonds. The molecule has 0 aromatic carbocycles. The maximum atomic E-state index is 3.41. The summed E-state index contributed by atoms with van der Waals surface area (Å²) in [5.74, 6) is 1.30. The van der Waals surface area contributed by atoms with E-state index in [1.807, 2.05) is 0 Å². The third-order valence-electron chi connectivity index (χ3n) is 3.45. The molecule has 0 bridgehead atoms. The highest BCUT2D eigenvalue weighted by atomic mass is 35.5. The Kier molecular flexibility index (Phi) is 9.28. The van der Waals surface area contributed by atoms with Crippen LogP contribution in [0.2, 0.25) is 0 Å². The number of nitrogens with one attached hydrogen (secondary N) is 1. The number of halogens is 2. The molecule has 0 unspecified atom stereocenters. The quantitative estimate of drug-likeness (QED) is 0.851. The van der Waals surface area contributed by atoms with E-state index in [0.29, 0.717) is 4.75 Å². The fourth-order valence-corrected chi connectivity index (χ4v) is 3.70. The Balaban J connectivity index is 0.00000144. The molecule has 110 valence electrons. The lowest BCUT2D eigenvalue weighted by Crippen LogP contribution is -2.49. The van der Waals surface area contributed by atoms with Gasteiger partial charge in [-0.05, 0) is 13.8 Å². The molecule has 18 heavy (non-hydrogen) atoms. The van der Waals surface area contributed by atoms with Crippen LogP contribution in [0.3, 0.4) is 0 Å². The van der Waals surface area contributed by atoms with Crippen LogP contribution in [0.25, 0.3) is 0 Å². The Morgan fingerprint density at radius 3 is 2.22 bits per heavy atom. The van der Waals surface area contributed by atoms with Gasteiger partial charge in [0.05, 0.1) is 0 Å². The Morgan fingerprint density at radius 2 is 1.61 bits per heavy atom. The second-order valence-electron chi connectivity index (χ2n) is 5.48. The van der Waals surface area contributed by atoms with Crippen molar-refractivity contribution in [3.63, 3.8) is 0 Å². The van der Waals surface area contributed by atoms with Crippen molar-refractivity contribution < 1.29 is 0 Å². The van der Waals surface area contributed by atoms with E-state index in [4.69, 9.17) is 0 Å². The molecule has 0 aromatic heterocycles. The van der Waals surface area contributed by atoms with E-state index in [1.165, 1.54) is 58.1 Å². The van der Waals surface area contributed by atoms with E-state index in [2.05, 4.69) is 40.7 Å². The molecule has 3 nitrogen and oxygen atoms in total. The molecule has 2 heterocycles. The largest absolute Gasteiger partial charge is 0.314 e. The second kappa shape index (κ2) is 8.88. The molecule has 2 aliphatic rings. The van der Waals surface area contributed by atoms with E-state index in [9.17, 15) is 0 Å². The smallest absolute Gasteiger partial charge is 0.0231 e. The van der Waals surface area contributed by atoms with Crippen LogP contribution < -0.4 is 5.32 Å². The van der Waals surface area contributed by atoms with Crippen molar-refractivity contribution in [3.8, 4) is 0 Å². The van der Waals surface area contributed by atoms with Crippen molar-refractivity contribution in [2.24, 2.45) is 0 Å². The van der Waals surface area contributed by atoms with Gasteiger partial charge in [-0.2, -0.15) is 11.8 Å². The monoisotopic (exact) mass is 315 g/mol. The predicted molar refractivity (Wildman–Crippen MR) is 86.8 cm³/mol. The van der Waals surface area contributed by atoms with Gasteiger partial charge in [-0.3, -0.25) is 9.80 Å². The van der Waals surface area contributed by atoms with Crippen LogP contribution in [0.15, 0.2) is 0 Å². The molecule has 2 fully saturated rings. The zero-order valence-corrected chi connectivity index (χ0v) is 13.9. The van der Waals surface area contributed by atoms with Crippen LogP contribution in [-0.2, 0) is 0 Å². The molecule has 0 atom stereocenters. The number of piperazine rings is 1. The van der Waals surface area contributed by atoms with E-state index >= 15 is 0 Å². The lowest BCUT2D eigenvalue weighted by molar-refractivity contribution is 0.184. The average molecular weight is 316 g/mol. The van der Waals surface area contributed by atoms with Gasteiger partial charge in [0.2, 0.25) is 0 Å². The van der Waals surface area contributed by atoms with Crippen LogP contribution in [0.5, 0.6) is 0 Å². The maximum absolute atomic E-state index is 3.41. The molecule has 0 aromatic rings. The first kappa shape index (κ1) is 18.8. The highest BCUT2D eigenvalue weighted by Gasteiger charge is 2.26. The molecule has 2 saturated heterocycles. The van der Waals surface area contributed by atoms with E-state index in [0.717, 1.165) is 0 Å². The number of hydrogen-bond acceptors (Lipinski definition) is 4. The lowest BCUT2D eigenvalue weighted by atomic mass is 10.2. The average Bonchev–Trinajstić information content (AvgIpc) is 2.27. The van der Waals surface area contributed by atoms with Gasteiger partial charge in [0, 0.05) is 62.9 Å². The van der Waals surface area contributed by atoms with Crippen LogP contribution >= 0.6 is 36.6 Å². The first-order valence-electron chi connectivity index (χ1n) is 6.45. The van der Waals surface area contributed by atoms with Crippen molar-refractivity contribution >= 4 is 36.6 Å². The van der Waals surface area contributed by atoms with Crippen LogP contribution in [0.1, 0.15) is 13.8 Å². The van der Waals surface area contributed by atoms with Gasteiger partial charge >= 0.3 is 0 Å². The molecular weight excluding hydrogens is 289 g/mol. The molecule has 1 N–H and O–H groups in total. The molecule has 0 radical (unpaired) electrons. The molecule has 0 aliphatic carbocycles. The minimum absolute atomic E-state index is 0. The zero-order valence-electron chi connectivity index (χ0n) is 11.5. The number of nitrogens with zero attached hydrogens (tertiary/aromatic N) is 2. The summed E-state index contributed by atoms with van der Waals surface area (Å²) in [7, 11) is 0. The molecule has 0 spiro atoms. The third kappa shape index (κ3) is 6.31. The summed E-state index contributed by atoms with van der Waals surface area (Å²) in [6.45, 7) is 14.6. The summed E-state index contributed by atoms with van der Waals surface area (Å²) >= 11 is 2.12. The summed E-state index contributed by atoms with van der Waals surface area (Å²) < 4.78 is 0.460. The van der Waals surface area contributed by atoms with Crippen molar-refractivity contribution in [2.45, 2.75) is 18.6 Å². The van der Waals surface area contributed by atoms with Gasteiger partial charge in [-0.1, -0.05) is 0 Å². The van der Waals surface area contributed by atoms with Crippen molar-refractivity contribution in [1.29, 1.82) is 0 Å². The maximum Gasteiger partial charge on any atom is 0.0231 e. The van der Waals surface area contributed by atoms with Gasteiger partial charge in [0.15, 0.2) is 0 Å². The van der Waals surface area contributed by atoms with Gasteiger partial charge in [0.1, 0.15) is 0 Å². The van der Waals surface area contributed by atoms with Crippen LogP contribution in [0.4, 0.5) is 0 Å². The van der Waals surface area contributed by atoms with Crippen molar-refractivity contribution in [3.05, 3.63) is 0 Å². The van der Waals surface area contributed by atoms with E-state index in [-0.39, 0.29) is 24.8 Å². The van der Waals surface area contributed by atoms with Crippen LogP contribution in [0, 0.1) is 0 Å². The fraction of sp³-hybridized carbons (Fsp3) is 1.00. The predicted octanol–water partition coefficient (Wildman–Crippen LogP) is 1.56. The zero-order chi connectivity index (χ0) is 11.4. The summed E-state index contributed by atoms with van der Waals surface area (Å²) in [4.78, 5) is 5.23. The highest BCUT2D eigenvalue weighted by Crippen LogP contribution is 2.29. The second-order valence-corrected chi connectivity index (χ2v) is 7.28. The van der Waals surface area contributed by atoms with Crippen LogP contribution in [-0.4, -0.2) is 72.7 Å². The highest BCUT2D eigenvalue weighted by molar-refractivity contribution is 8.00. The number of hydrogen-bond donors (Lipinski definition) is 1. The SMILES string of the molecule is CC1(C)CN(CCN2CCNCC2)CCS1.Cl.Cl. The van der Waals surface area contributed by atoms with E-state index < -0.39 is 0 Å². The van der Waals surface area contributed by atoms with Gasteiger partial charge in [-0.25, -0.2) is 0 Å². The Hall–Kier alpha value is 0.810. The summed E-state index contributed by atoms with van der Waals surface area (Å²) in [5.41, 5.74) is 0. The lowest BCUT2D eigenvalue weighted by Gasteiger charge is -2.38. The first-order valence-corrected chi connectivity index (χ1v) is 7.44. The Labute approximate surface area is 128 Å². The normalized spacial score (nSPS) is 25.0. The minimum atomic E-state index is 0. The third-order valence-corrected chi connectivity index (χ3v) is 4.74. The number of thioether (sulfide) groups is 1.